The van der Waals surface area contributed by atoms with Gasteiger partial charge in [0.15, 0.2) is 29.1 Å². The zero-order chi connectivity index (χ0) is 31.2. The van der Waals surface area contributed by atoms with Crippen molar-refractivity contribution in [3.8, 4) is 0 Å². The van der Waals surface area contributed by atoms with E-state index in [1.807, 2.05) is 36.4 Å². The summed E-state index contributed by atoms with van der Waals surface area (Å²) in [6, 6.07) is 11.7. The van der Waals surface area contributed by atoms with Crippen LogP contribution in [0.3, 0.4) is 0 Å². The molecule has 7 nitrogen and oxygen atoms in total. The standard InChI is InChI=1S/C34H37F2NO6S/c1-31-11-10-20(39)13-24(31)25(35)14-23-22-15-29-34(28(41)17-38,32(22,2)16-27(40)33(23,31)36)43-30(42-29)26-9-8-21(44-26)7-6-18-4-3-5-19(37)12-18/h3-5,8-13,22-23,25,27,29-30,38,40H,6-7,14-17,37H2,1-2H3/t22-,23-,25-,27-,29+,30+,31-,32-,33-,34+/m0/s1. The summed E-state index contributed by atoms with van der Waals surface area (Å²) in [5.41, 5.74) is 1.19. The molecule has 0 radical (unpaired) electrons. The number of rotatable bonds is 6. The summed E-state index contributed by atoms with van der Waals surface area (Å²) in [5, 5.41) is 21.8. The fraction of sp³-hybridized carbons (Fsp3) is 0.529. The van der Waals surface area contributed by atoms with Crippen LogP contribution < -0.4 is 5.73 Å². The van der Waals surface area contributed by atoms with Crippen LogP contribution in [0.4, 0.5) is 14.5 Å². The normalized spacial score (nSPS) is 42.3. The first kappa shape index (κ1) is 29.9. The number of hydrogen-bond acceptors (Lipinski definition) is 8. The van der Waals surface area contributed by atoms with Crippen molar-refractivity contribution >= 4 is 28.6 Å². The number of allylic oxidation sites excluding steroid dienone is 4. The van der Waals surface area contributed by atoms with Crippen LogP contribution in [0, 0.1) is 22.7 Å². The summed E-state index contributed by atoms with van der Waals surface area (Å²) in [4.78, 5) is 27.7. The summed E-state index contributed by atoms with van der Waals surface area (Å²) in [6.45, 7) is 2.51. The van der Waals surface area contributed by atoms with E-state index in [1.54, 1.807) is 13.8 Å². The highest BCUT2D eigenvalue weighted by molar-refractivity contribution is 7.12. The molecular formula is C34H37F2NO6S. The molecule has 0 amide bonds. The molecule has 44 heavy (non-hydrogen) atoms. The van der Waals surface area contributed by atoms with E-state index in [0.717, 1.165) is 34.2 Å². The second-order valence-electron chi connectivity index (χ2n) is 13.5. The highest BCUT2D eigenvalue weighted by atomic mass is 32.1. The van der Waals surface area contributed by atoms with Gasteiger partial charge in [0.25, 0.3) is 0 Å². The number of aryl methyl sites for hydroxylation is 2. The van der Waals surface area contributed by atoms with Crippen LogP contribution in [-0.4, -0.2) is 58.0 Å². The van der Waals surface area contributed by atoms with E-state index in [0.29, 0.717) is 5.69 Å². The molecule has 4 fully saturated rings. The molecule has 1 aromatic carbocycles. The second-order valence-corrected chi connectivity index (χ2v) is 14.7. The Kier molecular flexibility index (Phi) is 6.88. The quantitative estimate of drug-likeness (QED) is 0.396. The third-order valence-electron chi connectivity index (χ3n) is 11.5. The van der Waals surface area contributed by atoms with E-state index >= 15 is 8.78 Å². The number of fused-ring (bicyclic) bond motifs is 7. The predicted octanol–water partition coefficient (Wildman–Crippen LogP) is 4.76. The predicted molar refractivity (Wildman–Crippen MR) is 160 cm³/mol. The zero-order valence-electron chi connectivity index (χ0n) is 24.7. The van der Waals surface area contributed by atoms with E-state index < -0.39 is 76.8 Å². The van der Waals surface area contributed by atoms with Crippen LogP contribution in [0.5, 0.6) is 0 Å². The van der Waals surface area contributed by atoms with E-state index in [4.69, 9.17) is 15.2 Å². The molecule has 1 aliphatic heterocycles. The van der Waals surface area contributed by atoms with Crippen LogP contribution in [0.25, 0.3) is 0 Å². The van der Waals surface area contributed by atoms with Crippen molar-refractivity contribution in [2.45, 2.75) is 81.9 Å². The Balaban J connectivity index is 1.19. The maximum Gasteiger partial charge on any atom is 0.194 e. The van der Waals surface area contributed by atoms with E-state index in [9.17, 15) is 19.8 Å². The lowest BCUT2D eigenvalue weighted by Gasteiger charge is -2.63. The number of hydrogen-bond donors (Lipinski definition) is 3. The smallest absolute Gasteiger partial charge is 0.194 e. The molecule has 5 aliphatic rings. The van der Waals surface area contributed by atoms with Crippen molar-refractivity contribution in [1.82, 2.24) is 0 Å². The lowest BCUT2D eigenvalue weighted by molar-refractivity contribution is -0.234. The minimum absolute atomic E-state index is 0.0440. The number of carbonyl (C=O) groups excluding carboxylic acids is 2. The van der Waals surface area contributed by atoms with Crippen LogP contribution in [-0.2, 0) is 31.9 Å². The molecule has 234 valence electrons. The average molecular weight is 626 g/mol. The molecule has 7 rings (SSSR count). The van der Waals surface area contributed by atoms with Crippen LogP contribution in [0.15, 0.2) is 60.2 Å². The molecule has 4 aliphatic carbocycles. The SMILES string of the molecule is C[C@]12C=CC(=O)C=C1[C@@H](F)C[C@H]1[C@@H]3C[C@H]4O[C@@H](c5ccc(CCc6cccc(N)c6)s5)O[C@@]4(C(=O)CO)[C@@]3(C)C[C@H](O)[C@@]12F. The van der Waals surface area contributed by atoms with Gasteiger partial charge in [-0.25, -0.2) is 8.78 Å². The van der Waals surface area contributed by atoms with Crippen molar-refractivity contribution in [2.24, 2.45) is 22.7 Å². The number of ether oxygens (including phenoxy) is 2. The zero-order valence-corrected chi connectivity index (χ0v) is 25.5. The molecule has 4 N–H and O–H groups in total. The van der Waals surface area contributed by atoms with Crippen molar-refractivity contribution < 1.29 is 38.1 Å². The highest BCUT2D eigenvalue weighted by Crippen LogP contribution is 2.72. The first-order chi connectivity index (χ1) is 20.9. The van der Waals surface area contributed by atoms with Gasteiger partial charge in [-0.3, -0.25) is 9.59 Å². The Labute approximate surface area is 258 Å². The maximum atomic E-state index is 17.5. The molecular weight excluding hydrogens is 588 g/mol. The summed E-state index contributed by atoms with van der Waals surface area (Å²) in [5.74, 6) is -2.56. The number of nitrogen functional groups attached to an aromatic ring is 1. The molecule has 0 unspecified atom stereocenters. The fourth-order valence-electron chi connectivity index (χ4n) is 9.37. The van der Waals surface area contributed by atoms with E-state index in [2.05, 4.69) is 0 Å². The van der Waals surface area contributed by atoms with Crippen LogP contribution >= 0.6 is 11.3 Å². The number of aliphatic hydroxyl groups is 2. The topological polar surface area (TPSA) is 119 Å². The van der Waals surface area contributed by atoms with Crippen molar-refractivity contribution in [3.63, 3.8) is 0 Å². The monoisotopic (exact) mass is 625 g/mol. The molecule has 0 bridgehead atoms. The first-order valence-electron chi connectivity index (χ1n) is 15.2. The Morgan fingerprint density at radius 3 is 2.70 bits per heavy atom. The lowest BCUT2D eigenvalue weighted by atomic mass is 9.44. The largest absolute Gasteiger partial charge is 0.399 e. The molecule has 2 heterocycles. The maximum absolute atomic E-state index is 17.5. The van der Waals surface area contributed by atoms with Crippen molar-refractivity contribution in [2.75, 3.05) is 12.3 Å². The third-order valence-corrected chi connectivity index (χ3v) is 12.6. The molecule has 10 atom stereocenters. The number of anilines is 1. The molecule has 10 heteroatoms. The van der Waals surface area contributed by atoms with Crippen LogP contribution in [0.1, 0.15) is 54.7 Å². The van der Waals surface area contributed by atoms with Gasteiger partial charge in [0, 0.05) is 27.3 Å². The minimum Gasteiger partial charge on any atom is -0.399 e. The number of aliphatic hydroxyl groups excluding tert-OH is 2. The summed E-state index contributed by atoms with van der Waals surface area (Å²) in [7, 11) is 0. The molecule has 1 aromatic heterocycles. The van der Waals surface area contributed by atoms with Gasteiger partial charge < -0.3 is 25.4 Å². The number of carbonyl (C=O) groups is 2. The van der Waals surface area contributed by atoms with Crippen molar-refractivity contribution in [1.29, 1.82) is 0 Å². The molecule has 0 spiro atoms. The summed E-state index contributed by atoms with van der Waals surface area (Å²) < 4.78 is 46.4. The van der Waals surface area contributed by atoms with Gasteiger partial charge in [0.05, 0.1) is 17.1 Å². The minimum atomic E-state index is -2.28. The number of alkyl halides is 2. The third kappa shape index (κ3) is 3.90. The average Bonchev–Trinajstić information content (AvgIpc) is 3.67. The Bertz CT molecular complexity index is 1590. The Morgan fingerprint density at radius 1 is 1.16 bits per heavy atom. The lowest BCUT2D eigenvalue weighted by Crippen LogP contribution is -2.70. The molecule has 2 aromatic rings. The molecule has 3 saturated carbocycles. The van der Waals surface area contributed by atoms with Gasteiger partial charge in [0.2, 0.25) is 0 Å². The number of thiophene rings is 1. The Morgan fingerprint density at radius 2 is 1.95 bits per heavy atom. The van der Waals surface area contributed by atoms with Gasteiger partial charge in [-0.2, -0.15) is 0 Å². The van der Waals surface area contributed by atoms with Gasteiger partial charge in [-0.05, 0) is 92.5 Å². The first-order valence-corrected chi connectivity index (χ1v) is 16.1. The van der Waals surface area contributed by atoms with Gasteiger partial charge in [0.1, 0.15) is 12.8 Å². The van der Waals surface area contributed by atoms with E-state index in [1.165, 1.54) is 23.5 Å². The van der Waals surface area contributed by atoms with Gasteiger partial charge in [-0.15, -0.1) is 11.3 Å². The summed E-state index contributed by atoms with van der Waals surface area (Å²) >= 11 is 1.51. The number of ketones is 2. The van der Waals surface area contributed by atoms with Gasteiger partial charge >= 0.3 is 0 Å². The van der Waals surface area contributed by atoms with E-state index in [-0.39, 0.29) is 24.8 Å². The number of benzene rings is 1. The number of Topliss-reactive ketones (excluding diaryl/α,β-unsaturated/α-hetero) is 1. The Hall–Kier alpha value is -2.76. The van der Waals surface area contributed by atoms with Crippen LogP contribution in [0.2, 0.25) is 0 Å². The molecule has 1 saturated heterocycles. The van der Waals surface area contributed by atoms with Crippen molar-refractivity contribution in [3.05, 3.63) is 75.5 Å². The number of nitrogens with two attached hydrogens (primary N) is 1. The summed E-state index contributed by atoms with van der Waals surface area (Å²) in [6.07, 6.45) is 0.302. The van der Waals surface area contributed by atoms with Gasteiger partial charge in [-0.1, -0.05) is 25.1 Å². The number of halogens is 2. The second kappa shape index (κ2) is 10.1. The fourth-order valence-corrected chi connectivity index (χ4v) is 10.3. The highest BCUT2D eigenvalue weighted by Gasteiger charge is 2.80.